The highest BCUT2D eigenvalue weighted by atomic mass is 16.5. The zero-order valence-electron chi connectivity index (χ0n) is 13.4. The van der Waals surface area contributed by atoms with Crippen molar-refractivity contribution in [1.29, 1.82) is 0 Å². The first-order valence-electron chi connectivity index (χ1n) is 8.01. The third-order valence-electron chi connectivity index (χ3n) is 3.68. The summed E-state index contributed by atoms with van der Waals surface area (Å²) < 4.78 is 11.5. The molecule has 0 fully saturated rings. The van der Waals surface area contributed by atoms with Crippen LogP contribution in [0.2, 0.25) is 0 Å². The zero-order chi connectivity index (χ0) is 16.6. The standard InChI is InChI=1S/C20H19NO3/c22-15-16-8-10-18(11-9-16)23-13-1-2-14-24-19-7-3-5-17-6-4-12-21-20(17)19/h3-12,15H,1-2,13-14H2. The Morgan fingerprint density at radius 1 is 0.875 bits per heavy atom. The lowest BCUT2D eigenvalue weighted by Crippen LogP contribution is -2.03. The molecular formula is C20H19NO3. The number of unbranched alkanes of at least 4 members (excludes halogenated alkanes) is 1. The number of carbonyl (C=O) groups is 1. The van der Waals surface area contributed by atoms with Crippen LogP contribution in [0.1, 0.15) is 23.2 Å². The van der Waals surface area contributed by atoms with E-state index in [4.69, 9.17) is 9.47 Å². The maximum Gasteiger partial charge on any atom is 0.150 e. The fourth-order valence-corrected chi connectivity index (χ4v) is 2.41. The average molecular weight is 321 g/mol. The van der Waals surface area contributed by atoms with Crippen molar-refractivity contribution in [2.24, 2.45) is 0 Å². The Morgan fingerprint density at radius 3 is 2.42 bits per heavy atom. The first-order chi connectivity index (χ1) is 11.9. The van der Waals surface area contributed by atoms with E-state index in [1.54, 1.807) is 18.3 Å². The summed E-state index contributed by atoms with van der Waals surface area (Å²) in [5.74, 6) is 1.60. The van der Waals surface area contributed by atoms with Crippen LogP contribution in [0.25, 0.3) is 10.9 Å². The molecule has 0 aliphatic rings. The number of pyridine rings is 1. The molecule has 0 atom stereocenters. The highest BCUT2D eigenvalue weighted by molar-refractivity contribution is 5.84. The molecule has 0 saturated carbocycles. The van der Waals surface area contributed by atoms with Gasteiger partial charge in [-0.1, -0.05) is 18.2 Å². The van der Waals surface area contributed by atoms with E-state index in [1.165, 1.54) is 0 Å². The van der Waals surface area contributed by atoms with Crippen molar-refractivity contribution in [3.63, 3.8) is 0 Å². The van der Waals surface area contributed by atoms with Crippen LogP contribution in [-0.2, 0) is 0 Å². The Balaban J connectivity index is 1.41. The van der Waals surface area contributed by atoms with E-state index < -0.39 is 0 Å². The van der Waals surface area contributed by atoms with Crippen LogP contribution in [0.3, 0.4) is 0 Å². The summed E-state index contributed by atoms with van der Waals surface area (Å²) in [6.45, 7) is 1.25. The smallest absolute Gasteiger partial charge is 0.150 e. The minimum Gasteiger partial charge on any atom is -0.494 e. The predicted octanol–water partition coefficient (Wildman–Crippen LogP) is 4.29. The molecule has 0 unspecified atom stereocenters. The van der Waals surface area contributed by atoms with Crippen molar-refractivity contribution in [3.05, 3.63) is 66.4 Å². The summed E-state index contributed by atoms with van der Waals surface area (Å²) in [5.41, 5.74) is 1.55. The van der Waals surface area contributed by atoms with Crippen molar-refractivity contribution in [1.82, 2.24) is 4.98 Å². The zero-order valence-corrected chi connectivity index (χ0v) is 13.4. The second kappa shape index (κ2) is 8.11. The molecule has 3 rings (SSSR count). The van der Waals surface area contributed by atoms with Crippen molar-refractivity contribution < 1.29 is 14.3 Å². The van der Waals surface area contributed by atoms with E-state index in [-0.39, 0.29) is 0 Å². The van der Waals surface area contributed by atoms with Gasteiger partial charge in [-0.15, -0.1) is 0 Å². The Bertz CT molecular complexity index is 794. The highest BCUT2D eigenvalue weighted by Gasteiger charge is 2.02. The van der Waals surface area contributed by atoms with Gasteiger partial charge in [0.1, 0.15) is 23.3 Å². The molecule has 1 heterocycles. The van der Waals surface area contributed by atoms with Crippen LogP contribution in [-0.4, -0.2) is 24.5 Å². The van der Waals surface area contributed by atoms with Gasteiger partial charge in [-0.2, -0.15) is 0 Å². The average Bonchev–Trinajstić information content (AvgIpc) is 2.65. The summed E-state index contributed by atoms with van der Waals surface area (Å²) in [4.78, 5) is 15.0. The monoisotopic (exact) mass is 321 g/mol. The van der Waals surface area contributed by atoms with E-state index in [9.17, 15) is 4.79 Å². The third kappa shape index (κ3) is 4.10. The topological polar surface area (TPSA) is 48.4 Å². The summed E-state index contributed by atoms with van der Waals surface area (Å²) in [6.07, 6.45) is 4.39. The Kier molecular flexibility index (Phi) is 5.40. The molecule has 0 spiro atoms. The molecule has 2 aromatic carbocycles. The quantitative estimate of drug-likeness (QED) is 0.459. The molecule has 4 nitrogen and oxygen atoms in total. The van der Waals surface area contributed by atoms with Crippen LogP contribution in [0.15, 0.2) is 60.8 Å². The number of fused-ring (bicyclic) bond motifs is 1. The van der Waals surface area contributed by atoms with Gasteiger partial charge in [0.15, 0.2) is 0 Å². The number of carbonyl (C=O) groups excluding carboxylic acids is 1. The molecule has 0 amide bonds. The van der Waals surface area contributed by atoms with E-state index >= 15 is 0 Å². The fraction of sp³-hybridized carbons (Fsp3) is 0.200. The van der Waals surface area contributed by atoms with E-state index in [1.807, 2.05) is 42.5 Å². The van der Waals surface area contributed by atoms with Gasteiger partial charge in [-0.05, 0) is 49.2 Å². The fourth-order valence-electron chi connectivity index (χ4n) is 2.41. The van der Waals surface area contributed by atoms with Crippen molar-refractivity contribution in [3.8, 4) is 11.5 Å². The number of nitrogens with zero attached hydrogens (tertiary/aromatic N) is 1. The summed E-state index contributed by atoms with van der Waals surface area (Å²) in [6, 6.07) is 17.0. The molecule has 1 aromatic heterocycles. The molecule has 0 N–H and O–H groups in total. The summed E-state index contributed by atoms with van der Waals surface area (Å²) >= 11 is 0. The van der Waals surface area contributed by atoms with Crippen molar-refractivity contribution >= 4 is 17.2 Å². The minimum absolute atomic E-state index is 0.623. The van der Waals surface area contributed by atoms with Gasteiger partial charge < -0.3 is 9.47 Å². The Hall–Kier alpha value is -2.88. The molecule has 3 aromatic rings. The molecular weight excluding hydrogens is 302 g/mol. The predicted molar refractivity (Wildman–Crippen MR) is 93.8 cm³/mol. The number of hydrogen-bond acceptors (Lipinski definition) is 4. The van der Waals surface area contributed by atoms with Gasteiger partial charge in [0.25, 0.3) is 0 Å². The normalized spacial score (nSPS) is 10.5. The number of ether oxygens (including phenoxy) is 2. The third-order valence-corrected chi connectivity index (χ3v) is 3.68. The van der Waals surface area contributed by atoms with Gasteiger partial charge in [-0.25, -0.2) is 0 Å². The van der Waals surface area contributed by atoms with Crippen LogP contribution in [0.4, 0.5) is 0 Å². The van der Waals surface area contributed by atoms with E-state index in [2.05, 4.69) is 4.98 Å². The maximum absolute atomic E-state index is 10.6. The molecule has 0 saturated heterocycles. The molecule has 0 bridgehead atoms. The molecule has 0 radical (unpaired) electrons. The number of aromatic nitrogens is 1. The number of hydrogen-bond donors (Lipinski definition) is 0. The lowest BCUT2D eigenvalue weighted by Gasteiger charge is -2.09. The van der Waals surface area contributed by atoms with Gasteiger partial charge in [0.2, 0.25) is 0 Å². The summed E-state index contributed by atoms with van der Waals surface area (Å²) in [7, 11) is 0. The number of rotatable bonds is 8. The van der Waals surface area contributed by atoms with Crippen LogP contribution < -0.4 is 9.47 Å². The van der Waals surface area contributed by atoms with Gasteiger partial charge in [0, 0.05) is 17.1 Å². The number of para-hydroxylation sites is 1. The number of benzene rings is 2. The second-order valence-corrected chi connectivity index (χ2v) is 5.42. The van der Waals surface area contributed by atoms with E-state index in [0.29, 0.717) is 18.8 Å². The van der Waals surface area contributed by atoms with Gasteiger partial charge in [0.05, 0.1) is 13.2 Å². The van der Waals surface area contributed by atoms with E-state index in [0.717, 1.165) is 41.5 Å². The molecule has 122 valence electrons. The summed E-state index contributed by atoms with van der Waals surface area (Å²) in [5, 5.41) is 1.08. The molecule has 0 aliphatic carbocycles. The first-order valence-corrected chi connectivity index (χ1v) is 8.01. The Labute approximate surface area is 141 Å². The molecule has 0 aliphatic heterocycles. The van der Waals surface area contributed by atoms with Crippen LogP contribution in [0, 0.1) is 0 Å². The van der Waals surface area contributed by atoms with Crippen molar-refractivity contribution in [2.75, 3.05) is 13.2 Å². The first kappa shape index (κ1) is 16.0. The second-order valence-electron chi connectivity index (χ2n) is 5.42. The lowest BCUT2D eigenvalue weighted by molar-refractivity contribution is 0.112. The van der Waals surface area contributed by atoms with Gasteiger partial charge in [-0.3, -0.25) is 9.78 Å². The van der Waals surface area contributed by atoms with Crippen LogP contribution in [0.5, 0.6) is 11.5 Å². The lowest BCUT2D eigenvalue weighted by atomic mass is 10.2. The molecule has 24 heavy (non-hydrogen) atoms. The minimum atomic E-state index is 0.623. The number of aldehydes is 1. The highest BCUT2D eigenvalue weighted by Crippen LogP contribution is 2.23. The van der Waals surface area contributed by atoms with Crippen molar-refractivity contribution in [2.45, 2.75) is 12.8 Å². The maximum atomic E-state index is 10.6. The van der Waals surface area contributed by atoms with Crippen LogP contribution >= 0.6 is 0 Å². The SMILES string of the molecule is O=Cc1ccc(OCCCCOc2cccc3cccnc23)cc1. The largest absolute Gasteiger partial charge is 0.494 e. The van der Waals surface area contributed by atoms with Gasteiger partial charge >= 0.3 is 0 Å². The molecule has 4 heteroatoms. The Morgan fingerprint density at radius 2 is 1.62 bits per heavy atom.